The largest absolute Gasteiger partial charge is 0.507 e. The van der Waals surface area contributed by atoms with Crippen LogP contribution in [0.3, 0.4) is 0 Å². The van der Waals surface area contributed by atoms with E-state index in [-0.39, 0.29) is 5.75 Å². The number of hydrogen-bond acceptors (Lipinski definition) is 5. The van der Waals surface area contributed by atoms with Crippen LogP contribution in [0.4, 0.5) is 0 Å². The molecule has 1 N–H and O–H groups in total. The molecule has 0 fully saturated rings. The van der Waals surface area contributed by atoms with Gasteiger partial charge in [0.15, 0.2) is 11.5 Å². The Morgan fingerprint density at radius 2 is 1.57 bits per heavy atom. The van der Waals surface area contributed by atoms with Crippen molar-refractivity contribution in [2.45, 2.75) is 0 Å². The average molecular weight is 309 g/mol. The monoisotopic (exact) mass is 309 g/mol. The van der Waals surface area contributed by atoms with Crippen molar-refractivity contribution < 1.29 is 19.3 Å². The number of phenols is 1. The Morgan fingerprint density at radius 3 is 2.13 bits per heavy atom. The molecule has 5 heteroatoms. The lowest BCUT2D eigenvalue weighted by Gasteiger charge is -2.17. The number of nitriles is 1. The van der Waals surface area contributed by atoms with Gasteiger partial charge < -0.3 is 19.3 Å². The molecule has 0 spiro atoms. The van der Waals surface area contributed by atoms with Crippen LogP contribution in [0.5, 0.6) is 23.0 Å². The van der Waals surface area contributed by atoms with Gasteiger partial charge >= 0.3 is 0 Å². The number of ether oxygens (including phenoxy) is 3. The molecule has 0 aliphatic carbocycles. The minimum Gasteiger partial charge on any atom is -0.507 e. The van der Waals surface area contributed by atoms with Gasteiger partial charge in [-0.1, -0.05) is 24.3 Å². The second-order valence-corrected chi connectivity index (χ2v) is 4.95. The quantitative estimate of drug-likeness (QED) is 0.748. The van der Waals surface area contributed by atoms with E-state index in [9.17, 15) is 10.4 Å². The van der Waals surface area contributed by atoms with Crippen LogP contribution in [-0.2, 0) is 0 Å². The topological polar surface area (TPSA) is 71.7 Å². The molecule has 0 heterocycles. The number of aromatic hydroxyl groups is 1. The summed E-state index contributed by atoms with van der Waals surface area (Å²) < 4.78 is 16.2. The maximum absolute atomic E-state index is 10.8. The van der Waals surface area contributed by atoms with Crippen molar-refractivity contribution >= 4 is 21.5 Å². The van der Waals surface area contributed by atoms with Gasteiger partial charge in [0.05, 0.1) is 32.3 Å². The highest BCUT2D eigenvalue weighted by Gasteiger charge is 2.23. The number of nitrogens with zero attached hydrogens (tertiary/aromatic N) is 1. The molecule has 23 heavy (non-hydrogen) atoms. The summed E-state index contributed by atoms with van der Waals surface area (Å²) in [5.41, 5.74) is 0.422. The molecule has 116 valence electrons. The van der Waals surface area contributed by atoms with E-state index in [1.165, 1.54) is 21.3 Å². The fourth-order valence-electron chi connectivity index (χ4n) is 2.90. The summed E-state index contributed by atoms with van der Waals surface area (Å²) >= 11 is 0. The van der Waals surface area contributed by atoms with Crippen molar-refractivity contribution in [3.63, 3.8) is 0 Å². The van der Waals surface area contributed by atoms with Crippen molar-refractivity contribution in [3.8, 4) is 29.1 Å². The molecule has 0 aliphatic rings. The smallest absolute Gasteiger partial charge is 0.172 e. The highest BCUT2D eigenvalue weighted by atomic mass is 16.5. The van der Waals surface area contributed by atoms with Gasteiger partial charge in [-0.25, -0.2) is 0 Å². The number of rotatable bonds is 3. The Balaban J connectivity index is 2.70. The summed E-state index contributed by atoms with van der Waals surface area (Å²) in [5.74, 6) is 1.26. The Labute approximate surface area is 133 Å². The SMILES string of the molecule is COc1cc(OC)c2c(C#N)c3ccccc3c(O)c2c1OC. The minimum absolute atomic E-state index is 0.0312. The van der Waals surface area contributed by atoms with E-state index in [0.717, 1.165) is 0 Å². The average Bonchev–Trinajstić information content (AvgIpc) is 2.60. The lowest BCUT2D eigenvalue weighted by Crippen LogP contribution is -1.97. The molecule has 0 radical (unpaired) electrons. The van der Waals surface area contributed by atoms with Gasteiger partial charge in [0.1, 0.15) is 17.6 Å². The van der Waals surface area contributed by atoms with Gasteiger partial charge in [0, 0.05) is 22.2 Å². The van der Waals surface area contributed by atoms with Crippen molar-refractivity contribution in [2.24, 2.45) is 0 Å². The molecular weight excluding hydrogens is 294 g/mol. The third kappa shape index (κ3) is 2.00. The van der Waals surface area contributed by atoms with E-state index in [2.05, 4.69) is 6.07 Å². The third-order valence-electron chi connectivity index (χ3n) is 3.90. The zero-order valence-corrected chi connectivity index (χ0v) is 13.0. The fraction of sp³-hybridized carbons (Fsp3) is 0.167. The summed E-state index contributed by atoms with van der Waals surface area (Å²) in [6.45, 7) is 0. The van der Waals surface area contributed by atoms with Crippen LogP contribution in [0.15, 0.2) is 30.3 Å². The van der Waals surface area contributed by atoms with Crippen LogP contribution in [0.1, 0.15) is 5.56 Å². The van der Waals surface area contributed by atoms with E-state index in [4.69, 9.17) is 14.2 Å². The zero-order chi connectivity index (χ0) is 16.6. The predicted octanol–water partition coefficient (Wildman–Crippen LogP) is 3.60. The molecule has 0 aliphatic heterocycles. The van der Waals surface area contributed by atoms with Gasteiger partial charge in [-0.3, -0.25) is 0 Å². The van der Waals surface area contributed by atoms with Crippen molar-refractivity contribution in [3.05, 3.63) is 35.9 Å². The van der Waals surface area contributed by atoms with Gasteiger partial charge in [0.2, 0.25) is 0 Å². The van der Waals surface area contributed by atoms with Gasteiger partial charge in [-0.05, 0) is 0 Å². The van der Waals surface area contributed by atoms with Crippen LogP contribution in [-0.4, -0.2) is 26.4 Å². The maximum Gasteiger partial charge on any atom is 0.172 e. The molecule has 0 aromatic heterocycles. The number of methoxy groups -OCH3 is 3. The molecular formula is C18H15NO4. The Bertz CT molecular complexity index is 957. The Kier molecular flexibility index (Phi) is 3.59. The summed E-state index contributed by atoms with van der Waals surface area (Å²) in [6.07, 6.45) is 0. The number of hydrogen-bond donors (Lipinski definition) is 1. The van der Waals surface area contributed by atoms with Crippen LogP contribution in [0, 0.1) is 11.3 Å². The van der Waals surface area contributed by atoms with E-state index in [1.54, 1.807) is 24.3 Å². The van der Waals surface area contributed by atoms with Gasteiger partial charge in [0.25, 0.3) is 0 Å². The summed E-state index contributed by atoms with van der Waals surface area (Å²) in [6, 6.07) is 11.0. The molecule has 3 aromatic carbocycles. The molecule has 0 saturated heterocycles. The second-order valence-electron chi connectivity index (χ2n) is 4.95. The van der Waals surface area contributed by atoms with E-state index in [0.29, 0.717) is 44.4 Å². The number of benzene rings is 3. The Hall–Kier alpha value is -3.13. The van der Waals surface area contributed by atoms with Crippen LogP contribution < -0.4 is 14.2 Å². The lowest BCUT2D eigenvalue weighted by molar-refractivity contribution is 0.352. The molecule has 3 aromatic rings. The molecule has 0 bridgehead atoms. The van der Waals surface area contributed by atoms with E-state index in [1.807, 2.05) is 6.07 Å². The number of fused-ring (bicyclic) bond motifs is 2. The first-order chi connectivity index (χ1) is 11.2. The second kappa shape index (κ2) is 5.58. The summed E-state index contributed by atoms with van der Waals surface area (Å²) in [5, 5.41) is 22.6. The van der Waals surface area contributed by atoms with E-state index >= 15 is 0 Å². The van der Waals surface area contributed by atoms with Gasteiger partial charge in [-0.2, -0.15) is 5.26 Å². The van der Waals surface area contributed by atoms with Gasteiger partial charge in [-0.15, -0.1) is 0 Å². The zero-order valence-electron chi connectivity index (χ0n) is 13.0. The fourth-order valence-corrected chi connectivity index (χ4v) is 2.90. The highest BCUT2D eigenvalue weighted by Crippen LogP contribution is 2.49. The minimum atomic E-state index is 0.0312. The van der Waals surface area contributed by atoms with Crippen LogP contribution in [0.25, 0.3) is 21.5 Å². The predicted molar refractivity (Wildman–Crippen MR) is 87.5 cm³/mol. The Morgan fingerprint density at radius 1 is 0.913 bits per heavy atom. The van der Waals surface area contributed by atoms with Crippen LogP contribution >= 0.6 is 0 Å². The molecule has 5 nitrogen and oxygen atoms in total. The van der Waals surface area contributed by atoms with Crippen molar-refractivity contribution in [1.29, 1.82) is 5.26 Å². The third-order valence-corrected chi connectivity index (χ3v) is 3.90. The summed E-state index contributed by atoms with van der Waals surface area (Å²) in [4.78, 5) is 0. The number of phenolic OH excluding ortho intramolecular Hbond substituents is 1. The highest BCUT2D eigenvalue weighted by molar-refractivity contribution is 6.14. The standard InChI is InChI=1S/C18H15NO4/c1-21-13-8-14(22-2)18(23-3)16-15(13)12(9-19)10-6-4-5-7-11(10)17(16)20/h4-8,20H,1-3H3. The van der Waals surface area contributed by atoms with Crippen molar-refractivity contribution in [1.82, 2.24) is 0 Å². The molecule has 0 saturated carbocycles. The normalized spacial score (nSPS) is 10.5. The lowest BCUT2D eigenvalue weighted by atomic mass is 9.94. The van der Waals surface area contributed by atoms with E-state index < -0.39 is 0 Å². The molecule has 0 amide bonds. The van der Waals surface area contributed by atoms with Crippen molar-refractivity contribution in [2.75, 3.05) is 21.3 Å². The molecule has 0 unspecified atom stereocenters. The van der Waals surface area contributed by atoms with Crippen LogP contribution in [0.2, 0.25) is 0 Å². The maximum atomic E-state index is 10.8. The molecule has 3 rings (SSSR count). The molecule has 0 atom stereocenters. The summed E-state index contributed by atoms with van der Waals surface area (Å²) in [7, 11) is 4.50. The first kappa shape index (κ1) is 14.8. The first-order valence-corrected chi connectivity index (χ1v) is 6.94. The first-order valence-electron chi connectivity index (χ1n) is 6.94.